The van der Waals surface area contributed by atoms with Gasteiger partial charge in [-0.3, -0.25) is 5.48 Å². The van der Waals surface area contributed by atoms with Crippen molar-refractivity contribution < 1.29 is 23.8 Å². The maximum absolute atomic E-state index is 12.1. The van der Waals surface area contributed by atoms with Gasteiger partial charge in [0, 0.05) is 12.1 Å². The molecule has 0 bridgehead atoms. The molecule has 0 heterocycles. The van der Waals surface area contributed by atoms with E-state index in [1.165, 1.54) is 0 Å². The average Bonchev–Trinajstić information content (AvgIpc) is 2.56. The lowest BCUT2D eigenvalue weighted by Crippen LogP contribution is -2.05. The molecule has 2 rings (SSSR count). The number of anilines is 1. The van der Waals surface area contributed by atoms with Crippen LogP contribution in [0, 0.1) is 0 Å². The Labute approximate surface area is 137 Å². The van der Waals surface area contributed by atoms with E-state index in [2.05, 4.69) is 19.3 Å². The van der Waals surface area contributed by atoms with Gasteiger partial charge in [-0.25, -0.2) is 4.21 Å². The van der Waals surface area contributed by atoms with Crippen LogP contribution in [-0.4, -0.2) is 19.5 Å². The monoisotopic (exact) mass is 337 g/mol. The third-order valence-electron chi connectivity index (χ3n) is 3.56. The van der Waals surface area contributed by atoms with Crippen LogP contribution in [0.2, 0.25) is 0 Å². The van der Waals surface area contributed by atoms with Crippen LogP contribution in [0.5, 0.6) is 17.2 Å². The Bertz CT molecular complexity index is 679. The highest BCUT2D eigenvalue weighted by Gasteiger charge is 2.11. The summed E-state index contributed by atoms with van der Waals surface area (Å²) in [6.07, 6.45) is 1.02. The van der Waals surface area contributed by atoms with Crippen LogP contribution in [0.3, 0.4) is 0 Å². The van der Waals surface area contributed by atoms with Crippen molar-refractivity contribution in [2.75, 3.05) is 5.48 Å². The van der Waals surface area contributed by atoms with Gasteiger partial charge in [0.2, 0.25) is 11.1 Å². The Morgan fingerprint density at radius 2 is 1.70 bits per heavy atom. The van der Waals surface area contributed by atoms with Gasteiger partial charge in [0.25, 0.3) is 0 Å². The summed E-state index contributed by atoms with van der Waals surface area (Å²) in [5, 5.41) is 28.0. The summed E-state index contributed by atoms with van der Waals surface area (Å²) in [6.45, 7) is 4.22. The second-order valence-corrected chi connectivity index (χ2v) is 6.27. The molecule has 0 aromatic heterocycles. The van der Waals surface area contributed by atoms with Gasteiger partial charge in [0.05, 0.1) is 10.6 Å². The predicted octanol–water partition coefficient (Wildman–Crippen LogP) is 3.38. The summed E-state index contributed by atoms with van der Waals surface area (Å²) in [4.78, 5) is 0.483. The Hall–Kier alpha value is -2.25. The van der Waals surface area contributed by atoms with Gasteiger partial charge in [-0.2, -0.15) is 4.28 Å². The SMILES string of the molecule is CCC(C)c1ccc(S(=O)ONc2cc(O)c(O)c(O)c2)cc1. The molecule has 2 aromatic rings. The van der Waals surface area contributed by atoms with Gasteiger partial charge in [-0.05, 0) is 30.0 Å². The van der Waals surface area contributed by atoms with E-state index in [-0.39, 0.29) is 5.69 Å². The largest absolute Gasteiger partial charge is 0.504 e. The first-order valence-electron chi connectivity index (χ1n) is 7.12. The zero-order valence-electron chi connectivity index (χ0n) is 12.8. The number of phenols is 3. The molecule has 0 aliphatic heterocycles. The Morgan fingerprint density at radius 3 is 2.22 bits per heavy atom. The van der Waals surface area contributed by atoms with Crippen LogP contribution in [0.4, 0.5) is 5.69 Å². The maximum atomic E-state index is 12.1. The highest BCUT2D eigenvalue weighted by Crippen LogP contribution is 2.37. The molecule has 0 radical (unpaired) electrons. The molecule has 0 amide bonds. The first-order chi connectivity index (χ1) is 10.9. The molecule has 0 aliphatic carbocycles. The summed E-state index contributed by atoms with van der Waals surface area (Å²) < 4.78 is 17.1. The molecule has 6 nitrogen and oxygen atoms in total. The Balaban J connectivity index is 2.02. The van der Waals surface area contributed by atoms with Crippen molar-refractivity contribution in [1.29, 1.82) is 0 Å². The highest BCUT2D eigenvalue weighted by atomic mass is 32.2. The lowest BCUT2D eigenvalue weighted by atomic mass is 9.99. The Morgan fingerprint density at radius 1 is 1.13 bits per heavy atom. The minimum Gasteiger partial charge on any atom is -0.504 e. The fourth-order valence-corrected chi connectivity index (χ4v) is 2.57. The molecule has 0 saturated heterocycles. The normalized spacial score (nSPS) is 13.5. The van der Waals surface area contributed by atoms with Crippen LogP contribution in [-0.2, 0) is 15.4 Å². The standard InChI is InChI=1S/C16H19NO5S/c1-3-10(2)11-4-6-13(7-5-11)23(21)22-17-12-8-14(18)16(20)15(19)9-12/h4-10,17-20H,3H2,1-2H3. The molecule has 4 N–H and O–H groups in total. The van der Waals surface area contributed by atoms with Crippen molar-refractivity contribution in [1.82, 2.24) is 0 Å². The van der Waals surface area contributed by atoms with Gasteiger partial charge in [-0.15, -0.1) is 0 Å². The third kappa shape index (κ3) is 4.14. The van der Waals surface area contributed by atoms with E-state index in [9.17, 15) is 19.5 Å². The molecule has 0 fully saturated rings. The van der Waals surface area contributed by atoms with Crippen molar-refractivity contribution in [3.05, 3.63) is 42.0 Å². The van der Waals surface area contributed by atoms with Crippen molar-refractivity contribution >= 4 is 16.8 Å². The second kappa shape index (κ2) is 7.34. The molecular weight excluding hydrogens is 318 g/mol. The third-order valence-corrected chi connectivity index (χ3v) is 4.45. The molecular formula is C16H19NO5S. The minimum atomic E-state index is -1.76. The van der Waals surface area contributed by atoms with E-state index in [4.69, 9.17) is 4.28 Å². The predicted molar refractivity (Wildman–Crippen MR) is 87.7 cm³/mol. The lowest BCUT2D eigenvalue weighted by Gasteiger charge is -2.10. The first kappa shape index (κ1) is 17.1. The molecule has 2 atom stereocenters. The number of phenolic OH excluding ortho intramolecular Hbond substituents is 3. The van der Waals surface area contributed by atoms with Crippen LogP contribution in [0.15, 0.2) is 41.3 Å². The fourth-order valence-electron chi connectivity index (χ4n) is 1.94. The summed E-state index contributed by atoms with van der Waals surface area (Å²) in [5.41, 5.74) is 3.69. The van der Waals surface area contributed by atoms with Crippen LogP contribution in [0.1, 0.15) is 31.7 Å². The lowest BCUT2D eigenvalue weighted by molar-refractivity contribution is 0.366. The van der Waals surface area contributed by atoms with Gasteiger partial charge in [0.15, 0.2) is 17.2 Å². The van der Waals surface area contributed by atoms with Crippen LogP contribution in [0.25, 0.3) is 0 Å². The quantitative estimate of drug-likeness (QED) is 0.366. The summed E-state index contributed by atoms with van der Waals surface area (Å²) >= 11 is -1.76. The number of hydrogen-bond acceptors (Lipinski definition) is 6. The minimum absolute atomic E-state index is 0.155. The molecule has 7 heteroatoms. The molecule has 2 unspecified atom stereocenters. The van der Waals surface area contributed by atoms with Crippen molar-refractivity contribution in [2.45, 2.75) is 31.1 Å². The second-order valence-electron chi connectivity index (χ2n) is 5.16. The molecule has 124 valence electrons. The molecule has 2 aromatic carbocycles. The number of hydrogen-bond donors (Lipinski definition) is 4. The molecule has 23 heavy (non-hydrogen) atoms. The van der Waals surface area contributed by atoms with Gasteiger partial charge >= 0.3 is 0 Å². The van der Waals surface area contributed by atoms with E-state index < -0.39 is 28.3 Å². The molecule has 0 saturated carbocycles. The number of aromatic hydroxyl groups is 3. The van der Waals surface area contributed by atoms with Crippen molar-refractivity contribution in [2.24, 2.45) is 0 Å². The van der Waals surface area contributed by atoms with E-state index in [0.29, 0.717) is 10.8 Å². The average molecular weight is 337 g/mol. The van der Waals surface area contributed by atoms with Gasteiger partial charge < -0.3 is 15.3 Å². The highest BCUT2D eigenvalue weighted by molar-refractivity contribution is 7.80. The zero-order chi connectivity index (χ0) is 17.0. The van der Waals surface area contributed by atoms with Gasteiger partial charge in [0.1, 0.15) is 0 Å². The first-order valence-corrected chi connectivity index (χ1v) is 8.19. The van der Waals surface area contributed by atoms with Crippen LogP contribution >= 0.6 is 0 Å². The smallest absolute Gasteiger partial charge is 0.212 e. The van der Waals surface area contributed by atoms with E-state index >= 15 is 0 Å². The van der Waals surface area contributed by atoms with Crippen molar-refractivity contribution in [3.8, 4) is 17.2 Å². The van der Waals surface area contributed by atoms with Crippen molar-refractivity contribution in [3.63, 3.8) is 0 Å². The van der Waals surface area contributed by atoms with E-state index in [0.717, 1.165) is 24.1 Å². The number of rotatable bonds is 6. The zero-order valence-corrected chi connectivity index (χ0v) is 13.6. The molecule has 0 aliphatic rings. The van der Waals surface area contributed by atoms with Gasteiger partial charge in [-0.1, -0.05) is 26.0 Å². The van der Waals surface area contributed by atoms with E-state index in [1.807, 2.05) is 12.1 Å². The Kier molecular flexibility index (Phi) is 5.46. The summed E-state index contributed by atoms with van der Waals surface area (Å²) in [6, 6.07) is 9.54. The fraction of sp³-hybridized carbons (Fsp3) is 0.250. The maximum Gasteiger partial charge on any atom is 0.212 e. The summed E-state index contributed by atoms with van der Waals surface area (Å²) in [7, 11) is 0. The molecule has 0 spiro atoms. The van der Waals surface area contributed by atoms with E-state index in [1.54, 1.807) is 12.1 Å². The number of nitrogens with one attached hydrogen (secondary N) is 1. The summed E-state index contributed by atoms with van der Waals surface area (Å²) in [5.74, 6) is -1.23. The van der Waals surface area contributed by atoms with Crippen LogP contribution < -0.4 is 5.48 Å². The topological polar surface area (TPSA) is 99.0 Å². The number of benzene rings is 2.